The number of carboxylic acid groups (broad SMARTS) is 1. The normalized spacial score (nSPS) is 23.4. The van der Waals surface area contributed by atoms with Gasteiger partial charge in [0.2, 0.25) is 5.78 Å². The molecular formula is C15H27N3O6. The Hall–Kier alpha value is -1.55. The molecule has 9 nitrogen and oxygen atoms in total. The van der Waals surface area contributed by atoms with E-state index in [1.165, 1.54) is 0 Å². The number of likely N-dealkylation sites (tertiary alicyclic amines) is 1. The van der Waals surface area contributed by atoms with Crippen molar-refractivity contribution < 1.29 is 29.3 Å². The summed E-state index contributed by atoms with van der Waals surface area (Å²) in [4.78, 5) is 37.4. The topological polar surface area (TPSA) is 156 Å². The average Bonchev–Trinajstić information content (AvgIpc) is 3.02. The number of methoxy groups -OCH3 is 1. The lowest BCUT2D eigenvalue weighted by molar-refractivity contribution is -0.189. The van der Waals surface area contributed by atoms with Gasteiger partial charge in [-0.2, -0.15) is 0 Å². The first-order chi connectivity index (χ1) is 11.2. The van der Waals surface area contributed by atoms with Gasteiger partial charge in [0, 0.05) is 19.7 Å². The van der Waals surface area contributed by atoms with Crippen LogP contribution in [-0.2, 0) is 19.1 Å². The largest absolute Gasteiger partial charge is 0.480 e. The molecule has 1 heterocycles. The molecule has 24 heavy (non-hydrogen) atoms. The van der Waals surface area contributed by atoms with Crippen molar-refractivity contribution in [2.75, 3.05) is 13.7 Å². The van der Waals surface area contributed by atoms with E-state index in [4.69, 9.17) is 16.2 Å². The molecular weight excluding hydrogens is 318 g/mol. The Morgan fingerprint density at radius 3 is 2.50 bits per heavy atom. The van der Waals surface area contributed by atoms with E-state index in [2.05, 4.69) is 0 Å². The molecule has 1 aliphatic heterocycles. The van der Waals surface area contributed by atoms with Crippen molar-refractivity contribution in [3.63, 3.8) is 0 Å². The number of aliphatic carboxylic acids is 1. The van der Waals surface area contributed by atoms with Crippen LogP contribution < -0.4 is 11.5 Å². The maximum atomic E-state index is 12.8. The van der Waals surface area contributed by atoms with Gasteiger partial charge >= 0.3 is 5.97 Å². The molecule has 9 heteroatoms. The van der Waals surface area contributed by atoms with Gasteiger partial charge in [0.05, 0.1) is 0 Å². The molecule has 0 aromatic carbocycles. The molecule has 1 unspecified atom stereocenters. The molecule has 6 N–H and O–H groups in total. The number of amides is 1. The summed E-state index contributed by atoms with van der Waals surface area (Å²) in [5, 5.41) is 19.6. The van der Waals surface area contributed by atoms with Crippen molar-refractivity contribution in [2.24, 2.45) is 11.5 Å². The molecule has 0 aromatic heterocycles. The van der Waals surface area contributed by atoms with Crippen LogP contribution in [0.25, 0.3) is 0 Å². The number of nitrogens with two attached hydrogens (primary N) is 2. The minimum atomic E-state index is -2.34. The highest BCUT2D eigenvalue weighted by molar-refractivity contribution is 6.10. The lowest BCUT2D eigenvalue weighted by Gasteiger charge is -2.40. The Morgan fingerprint density at radius 1 is 1.42 bits per heavy atom. The van der Waals surface area contributed by atoms with Crippen LogP contribution in [0.1, 0.15) is 39.0 Å². The Kier molecular flexibility index (Phi) is 7.27. The second-order valence-corrected chi connectivity index (χ2v) is 6.02. The predicted molar refractivity (Wildman–Crippen MR) is 84.8 cm³/mol. The van der Waals surface area contributed by atoms with Gasteiger partial charge in [-0.15, -0.1) is 0 Å². The lowest BCUT2D eigenvalue weighted by atomic mass is 9.93. The number of aliphatic hydroxyl groups excluding tert-OH is 1. The number of aliphatic hydroxyl groups is 1. The second-order valence-electron chi connectivity index (χ2n) is 6.02. The Balaban J connectivity index is 3.18. The number of unbranched alkanes of at least 4 members (excludes halogenated alkanes) is 1. The number of hydrogen-bond acceptors (Lipinski definition) is 7. The first-order valence-corrected chi connectivity index (χ1v) is 8.06. The molecule has 1 amide bonds. The van der Waals surface area contributed by atoms with Gasteiger partial charge in [-0.25, -0.2) is 4.90 Å². The highest BCUT2D eigenvalue weighted by atomic mass is 16.5. The standard InChI is InChI=1S/C15H27N3O6/c1-3-4-6-9(16)11(19)12(20)15(24-2,14(17)23)18-8-5-7-10(18)13(21)22/h9-11,19H,3-8,16H2,1-2H3,(H2,17,23)(H,21,22)/t9-,10+,11+,15?/m0/s1. The molecule has 0 spiro atoms. The summed E-state index contributed by atoms with van der Waals surface area (Å²) in [6.07, 6.45) is 0.930. The Bertz CT molecular complexity index is 486. The Morgan fingerprint density at radius 2 is 2.04 bits per heavy atom. The van der Waals surface area contributed by atoms with Crippen LogP contribution in [0, 0.1) is 0 Å². The zero-order valence-corrected chi connectivity index (χ0v) is 14.1. The summed E-state index contributed by atoms with van der Waals surface area (Å²) in [6.45, 7) is 2.07. The number of carboxylic acids is 1. The maximum Gasteiger partial charge on any atom is 0.321 e. The number of carbonyl (C=O) groups excluding carboxylic acids is 2. The highest BCUT2D eigenvalue weighted by Gasteiger charge is 2.57. The molecule has 0 aromatic rings. The fourth-order valence-electron chi connectivity index (χ4n) is 3.12. The zero-order chi connectivity index (χ0) is 18.5. The van der Waals surface area contributed by atoms with Crippen LogP contribution in [0.4, 0.5) is 0 Å². The van der Waals surface area contributed by atoms with Crippen molar-refractivity contribution in [3.05, 3.63) is 0 Å². The number of primary amides is 1. The summed E-state index contributed by atoms with van der Waals surface area (Å²) < 4.78 is 5.12. The van der Waals surface area contributed by atoms with Crippen LogP contribution in [0.2, 0.25) is 0 Å². The maximum absolute atomic E-state index is 12.8. The van der Waals surface area contributed by atoms with Gasteiger partial charge in [-0.1, -0.05) is 19.8 Å². The van der Waals surface area contributed by atoms with Crippen LogP contribution >= 0.6 is 0 Å². The number of carbonyl (C=O) groups is 3. The summed E-state index contributed by atoms with van der Waals surface area (Å²) in [5.74, 6) is -3.37. The minimum absolute atomic E-state index is 0.135. The average molecular weight is 345 g/mol. The smallest absolute Gasteiger partial charge is 0.321 e. The molecule has 0 saturated carbocycles. The molecule has 4 atom stereocenters. The number of ether oxygens (including phenoxy) is 1. The fraction of sp³-hybridized carbons (Fsp3) is 0.800. The fourth-order valence-corrected chi connectivity index (χ4v) is 3.12. The zero-order valence-electron chi connectivity index (χ0n) is 14.1. The predicted octanol–water partition coefficient (Wildman–Crippen LogP) is -1.19. The summed E-state index contributed by atoms with van der Waals surface area (Å²) in [7, 11) is 1.09. The van der Waals surface area contributed by atoms with E-state index < -0.39 is 41.6 Å². The molecule has 0 bridgehead atoms. The van der Waals surface area contributed by atoms with Gasteiger partial charge < -0.3 is 26.4 Å². The van der Waals surface area contributed by atoms with Crippen molar-refractivity contribution in [2.45, 2.75) is 62.9 Å². The third-order valence-electron chi connectivity index (χ3n) is 4.47. The SMILES string of the molecule is CCCC[C@H](N)[C@@H](O)C(=O)C(OC)(C(N)=O)N1CCC[C@@H]1C(=O)O. The summed E-state index contributed by atoms with van der Waals surface area (Å²) in [6, 6.07) is -1.99. The minimum Gasteiger partial charge on any atom is -0.480 e. The van der Waals surface area contributed by atoms with Crippen molar-refractivity contribution in [1.29, 1.82) is 0 Å². The number of Topliss-reactive ketones (excluding diaryl/α,β-unsaturated/α-hetero) is 1. The van der Waals surface area contributed by atoms with Crippen LogP contribution in [-0.4, -0.2) is 70.3 Å². The van der Waals surface area contributed by atoms with E-state index in [1.54, 1.807) is 0 Å². The molecule has 0 aliphatic carbocycles. The molecule has 138 valence electrons. The van der Waals surface area contributed by atoms with Gasteiger partial charge in [-0.3, -0.25) is 14.4 Å². The number of rotatable bonds is 10. The van der Waals surface area contributed by atoms with Gasteiger partial charge in [0.1, 0.15) is 12.1 Å². The summed E-state index contributed by atoms with van der Waals surface area (Å²) >= 11 is 0. The highest BCUT2D eigenvalue weighted by Crippen LogP contribution is 2.30. The van der Waals surface area contributed by atoms with Crippen molar-refractivity contribution in [1.82, 2.24) is 4.90 Å². The monoisotopic (exact) mass is 345 g/mol. The van der Waals surface area contributed by atoms with E-state index in [1.807, 2.05) is 6.92 Å². The van der Waals surface area contributed by atoms with Crippen LogP contribution in [0.3, 0.4) is 0 Å². The quantitative estimate of drug-likeness (QED) is 0.360. The molecule has 1 rings (SSSR count). The van der Waals surface area contributed by atoms with E-state index in [-0.39, 0.29) is 13.0 Å². The third kappa shape index (κ3) is 3.75. The molecule has 1 fully saturated rings. The number of ketones is 1. The Labute approximate surface area is 140 Å². The third-order valence-corrected chi connectivity index (χ3v) is 4.47. The number of hydrogen-bond donors (Lipinski definition) is 4. The first-order valence-electron chi connectivity index (χ1n) is 8.06. The van der Waals surface area contributed by atoms with Gasteiger partial charge in [-0.05, 0) is 19.3 Å². The van der Waals surface area contributed by atoms with E-state index in [0.717, 1.165) is 18.4 Å². The molecule has 1 aliphatic rings. The van der Waals surface area contributed by atoms with Crippen LogP contribution in [0.15, 0.2) is 0 Å². The summed E-state index contributed by atoms with van der Waals surface area (Å²) in [5.41, 5.74) is 8.88. The van der Waals surface area contributed by atoms with Crippen LogP contribution in [0.5, 0.6) is 0 Å². The van der Waals surface area contributed by atoms with Crippen molar-refractivity contribution >= 4 is 17.7 Å². The molecule has 1 saturated heterocycles. The lowest BCUT2D eigenvalue weighted by Crippen LogP contribution is -2.69. The molecule has 0 radical (unpaired) electrons. The number of nitrogens with zero attached hydrogens (tertiary/aromatic N) is 1. The first kappa shape index (κ1) is 20.5. The second kappa shape index (κ2) is 8.52. The van der Waals surface area contributed by atoms with Gasteiger partial charge in [0.15, 0.2) is 0 Å². The van der Waals surface area contributed by atoms with E-state index in [0.29, 0.717) is 19.3 Å². The van der Waals surface area contributed by atoms with Gasteiger partial charge in [0.25, 0.3) is 11.6 Å². The van der Waals surface area contributed by atoms with E-state index in [9.17, 15) is 24.6 Å². The van der Waals surface area contributed by atoms with E-state index >= 15 is 0 Å². The van der Waals surface area contributed by atoms with Crippen molar-refractivity contribution in [3.8, 4) is 0 Å².